The Morgan fingerprint density at radius 2 is 0.524 bits per heavy atom. The molecule has 1 aliphatic rings. The molecule has 0 heterocycles. The molecule has 1 aliphatic carbocycles. The van der Waals surface area contributed by atoms with Crippen LogP contribution in [0.25, 0.3) is 0 Å². The molecule has 0 aromatic heterocycles. The zero-order valence-corrected chi connectivity index (χ0v) is 85.3. The molecule has 728 valence electrons. The number of aliphatic hydroxyl groups is 1. The molecule has 0 radical (unpaired) electrons. The van der Waals surface area contributed by atoms with Gasteiger partial charge in [0, 0.05) is 30.3 Å². The summed E-state index contributed by atoms with van der Waals surface area (Å²) in [6, 6.07) is 0. The average Bonchev–Trinajstić information content (AvgIpc) is 1.02. The van der Waals surface area contributed by atoms with Gasteiger partial charge in [-0.15, -0.1) is 0 Å². The van der Waals surface area contributed by atoms with Crippen LogP contribution in [0.3, 0.4) is 0 Å². The largest absolute Gasteiger partial charge is 0.478 e. The van der Waals surface area contributed by atoms with E-state index in [9.17, 15) is 28.8 Å². The molecular weight excluding hydrogens is 1620 g/mol. The number of thioether (sulfide) groups is 1. The van der Waals surface area contributed by atoms with E-state index in [1.807, 2.05) is 58.1 Å². The number of carboxylic acid groups (broad SMARTS) is 1. The number of esters is 3. The maximum atomic E-state index is 11.7. The molecule has 1 saturated carbocycles. The molecule has 0 aromatic carbocycles. The van der Waals surface area contributed by atoms with E-state index in [2.05, 4.69) is 52.9 Å². The Kier molecular flexibility index (Phi) is 142. The number of carbonyl (C=O) groups is 6. The van der Waals surface area contributed by atoms with Gasteiger partial charge in [0.25, 0.3) is 0 Å². The van der Waals surface area contributed by atoms with E-state index in [1.165, 1.54) is 442 Å². The first-order valence-electron chi connectivity index (χ1n) is 51.4. The smallest absolute Gasteiger partial charge is 0.330 e. The van der Waals surface area contributed by atoms with Crippen molar-refractivity contribution in [2.75, 3.05) is 37.9 Å². The van der Waals surface area contributed by atoms with E-state index in [-0.39, 0.29) is 23.0 Å². The number of ether oxygens (including phenoxy) is 3. The molecule has 0 atom stereocenters. The number of unbranched alkanes of at least 4 members (excludes halogenated alkanes) is 60. The van der Waals surface area contributed by atoms with Crippen molar-refractivity contribution >= 4 is 82.8 Å². The van der Waals surface area contributed by atoms with Gasteiger partial charge in [-0.1, -0.05) is 536 Å². The first-order chi connectivity index (χ1) is 60.8. The molecule has 0 unspecified atom stereocenters. The number of carbonyl (C=O) groups excluding carboxylic acids is 5. The Bertz CT molecular complexity index is 2290. The van der Waals surface area contributed by atoms with Crippen LogP contribution in [0.1, 0.15) is 518 Å². The van der Waals surface area contributed by atoms with E-state index in [0.29, 0.717) is 50.8 Å². The van der Waals surface area contributed by atoms with E-state index >= 15 is 0 Å². The molecule has 1 rings (SSSR count). The summed E-state index contributed by atoms with van der Waals surface area (Å²) in [6.45, 7) is 18.7. The molecule has 0 aromatic rings. The fourth-order valence-electron chi connectivity index (χ4n) is 13.8. The second-order valence-electron chi connectivity index (χ2n) is 33.2. The molecule has 0 bridgehead atoms. The molecule has 1 fully saturated rings. The lowest BCUT2D eigenvalue weighted by atomic mass is 10.0. The van der Waals surface area contributed by atoms with Gasteiger partial charge in [-0.3, -0.25) is 19.2 Å². The number of hydrogen-bond donors (Lipinski definition) is 3. The first kappa shape index (κ1) is 133. The van der Waals surface area contributed by atoms with E-state index in [4.69, 9.17) is 40.2 Å². The minimum atomic E-state index is -0.914. The highest BCUT2D eigenvalue weighted by Gasteiger charge is 2.07. The van der Waals surface area contributed by atoms with Gasteiger partial charge in [0.05, 0.1) is 32.7 Å². The van der Waals surface area contributed by atoms with Crippen molar-refractivity contribution in [2.24, 2.45) is 0 Å². The summed E-state index contributed by atoms with van der Waals surface area (Å²) in [6.07, 6.45) is 123. The Morgan fingerprint density at radius 3 is 0.758 bits per heavy atom. The van der Waals surface area contributed by atoms with Crippen molar-refractivity contribution in [3.63, 3.8) is 0 Å². The normalized spacial score (nSPS) is 11.8. The van der Waals surface area contributed by atoms with Crippen LogP contribution >= 0.6 is 36.0 Å². The Morgan fingerprint density at radius 1 is 0.306 bits per heavy atom. The number of carboxylic acids is 1. The summed E-state index contributed by atoms with van der Waals surface area (Å²) in [5.74, 6) is -0.383. The number of rotatable bonds is 80. The van der Waals surface area contributed by atoms with Gasteiger partial charge < -0.3 is 24.4 Å². The molecule has 16 heteroatoms. The third kappa shape index (κ3) is 149. The Labute approximate surface area is 787 Å². The molecule has 0 saturated heterocycles. The number of hydrogen-bond acceptors (Lipinski definition) is 14. The summed E-state index contributed by atoms with van der Waals surface area (Å²) in [4.78, 5) is 65.4. The van der Waals surface area contributed by atoms with Crippen LogP contribution in [0.2, 0.25) is 0 Å². The van der Waals surface area contributed by atoms with Crippen molar-refractivity contribution in [3.05, 3.63) is 97.2 Å². The highest BCUT2D eigenvalue weighted by Crippen LogP contribution is 2.20. The SMILES string of the molecule is C/C=C/C=C/C(=O)Cl.C/C=C/C=C/C(=O)O.C/C=C/C=C/C(=O)OCCCCCCCCCCCCCCCCCC.C/C=C/C=C/C(=O)SCCC(=O)OCCCCCCCCCCCCCCCCCC.C1CCCCC1.CCCCCCCCCCCCCCCCCCO.CCCCCCCCCCCCCCCCCCOC(=O)CCS.O=S. The summed E-state index contributed by atoms with van der Waals surface area (Å²) < 4.78 is 23.3. The third-order valence-electron chi connectivity index (χ3n) is 21.3. The zero-order valence-electron chi connectivity index (χ0n) is 82.0. The lowest BCUT2D eigenvalue weighted by Gasteiger charge is -2.05. The topological polar surface area (TPSA) is 188 Å². The van der Waals surface area contributed by atoms with Gasteiger partial charge >= 0.3 is 23.9 Å². The number of thiol groups is 1. The molecule has 0 spiro atoms. The Balaban J connectivity index is -0.000000271. The summed E-state index contributed by atoms with van der Waals surface area (Å²) in [7, 11) is 0. The van der Waals surface area contributed by atoms with Gasteiger partial charge in [0.15, 0.2) is 12.5 Å². The summed E-state index contributed by atoms with van der Waals surface area (Å²) in [5, 5.41) is 16.2. The molecular formula is C108H199ClO12S3. The van der Waals surface area contributed by atoms with Gasteiger partial charge in [-0.05, 0) is 77.1 Å². The van der Waals surface area contributed by atoms with Crippen LogP contribution in [0.15, 0.2) is 97.2 Å². The molecule has 124 heavy (non-hydrogen) atoms. The van der Waals surface area contributed by atoms with Crippen LogP contribution in [-0.4, -0.2) is 86.6 Å². The quantitative estimate of drug-likeness (QED) is 0.00992. The zero-order chi connectivity index (χ0) is 92.8. The third-order valence-corrected chi connectivity index (χ3v) is 22.5. The van der Waals surface area contributed by atoms with Crippen LogP contribution in [-0.2, 0) is 55.5 Å². The van der Waals surface area contributed by atoms with Gasteiger partial charge in [0.1, 0.15) is 0 Å². The van der Waals surface area contributed by atoms with Gasteiger partial charge in [0.2, 0.25) is 10.4 Å². The maximum Gasteiger partial charge on any atom is 0.330 e. The minimum absolute atomic E-state index is 0.0243. The molecule has 0 amide bonds. The van der Waals surface area contributed by atoms with E-state index in [1.54, 1.807) is 36.5 Å². The lowest BCUT2D eigenvalue weighted by Crippen LogP contribution is -2.07. The number of halogens is 1. The van der Waals surface area contributed by atoms with Crippen LogP contribution in [0.5, 0.6) is 0 Å². The molecule has 2 N–H and O–H groups in total. The first-order valence-corrected chi connectivity index (χ1v) is 53.7. The summed E-state index contributed by atoms with van der Waals surface area (Å²) >= 11 is 13.0. The van der Waals surface area contributed by atoms with Gasteiger partial charge in [-0.2, -0.15) is 16.8 Å². The van der Waals surface area contributed by atoms with Crippen LogP contribution in [0, 0.1) is 0 Å². The minimum Gasteiger partial charge on any atom is -0.478 e. The van der Waals surface area contributed by atoms with Gasteiger partial charge in [-0.25, -0.2) is 9.59 Å². The monoisotopic (exact) mass is 1820 g/mol. The van der Waals surface area contributed by atoms with Crippen molar-refractivity contribution in [1.29, 1.82) is 0 Å². The van der Waals surface area contributed by atoms with E-state index in [0.717, 1.165) is 49.9 Å². The average molecular weight is 1820 g/mol. The number of allylic oxidation sites excluding steroid dienone is 13. The number of aliphatic carboxylic acids is 1. The highest BCUT2D eigenvalue weighted by molar-refractivity contribution is 8.14. The summed E-state index contributed by atoms with van der Waals surface area (Å²) in [5.41, 5.74) is 0. The molecule has 0 aliphatic heterocycles. The molecule has 12 nitrogen and oxygen atoms in total. The van der Waals surface area contributed by atoms with Crippen molar-refractivity contribution in [1.82, 2.24) is 0 Å². The van der Waals surface area contributed by atoms with Crippen molar-refractivity contribution in [2.45, 2.75) is 518 Å². The fraction of sp³-hybridized carbons (Fsp3) is 0.796. The maximum absolute atomic E-state index is 11.7. The van der Waals surface area contributed by atoms with Crippen LogP contribution in [0.4, 0.5) is 0 Å². The predicted molar refractivity (Wildman–Crippen MR) is 549 cm³/mol. The fourth-order valence-corrected chi connectivity index (χ4v) is 14.7. The second-order valence-corrected chi connectivity index (χ2v) is 35.2. The van der Waals surface area contributed by atoms with E-state index < -0.39 is 11.2 Å². The lowest BCUT2D eigenvalue weighted by molar-refractivity contribution is -0.144. The predicted octanol–water partition coefficient (Wildman–Crippen LogP) is 34.9. The Hall–Kier alpha value is -3.89. The van der Waals surface area contributed by atoms with Crippen molar-refractivity contribution in [3.8, 4) is 0 Å². The van der Waals surface area contributed by atoms with Crippen LogP contribution < -0.4 is 0 Å². The second kappa shape index (κ2) is 132. The number of aliphatic hydroxyl groups excluding tert-OH is 1. The highest BCUT2D eigenvalue weighted by atomic mass is 35.5. The van der Waals surface area contributed by atoms with Crippen molar-refractivity contribution < 1.29 is 57.4 Å². The standard InChI is InChI=1S/C27H48O3S.C24H44O2.C21H42O2S.C18H38O.C6H7ClO.C6H8O2.C6H12.OS/c1-3-5-7-8-9-10-11-12-13-14-15-16-17-18-19-21-24-30-26(28)23-25-31-27(29)22-20-6-4-2;1-3-5-7-8-9-10-11-12-13-14-15-16-17-18-19-21-23-26-24(25)22-20-6-4-2;1-2-3-4-5-6-7-8-9-10-11-12-13-14-15-16-17-19-23-21(22)18-20-24;1-2-3-4-5-6-7-8-9-10-11-12-13-14-15-16-17-18-19;2*1-2-3-4-5-6(7)8;1-2-4-6-5-3-1;1-2/h4,6,20,22H,3,5,7-19,21,23-25H2,1-2H3;4,6,20,22H,3,5,7-19,21,23H2,1-2H3;24H,2-20H2,1H3;19H,2-18H2,1H3;2-5H,1H3;2-5H,1H3,(H,7,8);1-6H2;/b2*6-4+,22-20+;;;2*3-2+,5-4+;;.